The van der Waals surface area contributed by atoms with Crippen molar-refractivity contribution in [2.24, 2.45) is 0 Å². The Kier molecular flexibility index (Phi) is 4.96. The fourth-order valence-electron chi connectivity index (χ4n) is 1.18. The van der Waals surface area contributed by atoms with Crippen molar-refractivity contribution >= 4 is 21.4 Å². The molecule has 1 unspecified atom stereocenters. The molecule has 0 aliphatic carbocycles. The summed E-state index contributed by atoms with van der Waals surface area (Å²) in [6.07, 6.45) is -0.676. The highest BCUT2D eigenvalue weighted by Gasteiger charge is 2.26. The van der Waals surface area contributed by atoms with Crippen LogP contribution in [0.3, 0.4) is 0 Å². The molecule has 1 N–H and O–H groups in total. The fourth-order valence-corrected chi connectivity index (χ4v) is 1.90. The molecule has 0 saturated carbocycles. The minimum atomic E-state index is -4.61. The number of anilines is 1. The quantitative estimate of drug-likeness (QED) is 0.896. The largest absolute Gasteiger partial charge is 0.372 e. The molecule has 0 bridgehead atoms. The summed E-state index contributed by atoms with van der Waals surface area (Å²) in [5.41, 5.74) is 0.294. The van der Waals surface area contributed by atoms with E-state index in [1.807, 2.05) is 0 Å². The molecule has 1 rings (SSSR count). The molecule has 0 spiro atoms. The van der Waals surface area contributed by atoms with E-state index in [-0.39, 0.29) is 0 Å². The lowest BCUT2D eigenvalue weighted by Crippen LogP contribution is -2.26. The van der Waals surface area contributed by atoms with Gasteiger partial charge in [-0.25, -0.2) is 8.42 Å². The van der Waals surface area contributed by atoms with Crippen LogP contribution in [-0.2, 0) is 19.4 Å². The standard InChI is InChI=1S/C11H13F2NO4S/c1-7(18-2)10(15)14-8-3-5-9(6-4-8)19(16,17)11(12)13/h3-7,11H,1-2H3,(H,14,15). The zero-order valence-corrected chi connectivity index (χ0v) is 11.1. The lowest BCUT2D eigenvalue weighted by Gasteiger charge is -2.10. The van der Waals surface area contributed by atoms with Crippen LogP contribution in [0.25, 0.3) is 0 Å². The minimum Gasteiger partial charge on any atom is -0.372 e. The second-order valence-electron chi connectivity index (χ2n) is 3.70. The van der Waals surface area contributed by atoms with E-state index in [2.05, 4.69) is 5.32 Å². The van der Waals surface area contributed by atoms with Crippen molar-refractivity contribution in [1.82, 2.24) is 0 Å². The van der Waals surface area contributed by atoms with E-state index in [1.165, 1.54) is 26.2 Å². The van der Waals surface area contributed by atoms with Gasteiger partial charge >= 0.3 is 5.76 Å². The number of rotatable bonds is 5. The average Bonchev–Trinajstić information content (AvgIpc) is 2.38. The lowest BCUT2D eigenvalue weighted by molar-refractivity contribution is -0.124. The Labute approximate surface area is 109 Å². The summed E-state index contributed by atoms with van der Waals surface area (Å²) in [5.74, 6) is -3.89. The molecular weight excluding hydrogens is 280 g/mol. The van der Waals surface area contributed by atoms with Gasteiger partial charge < -0.3 is 10.1 Å². The Balaban J connectivity index is 2.86. The highest BCUT2D eigenvalue weighted by molar-refractivity contribution is 7.91. The van der Waals surface area contributed by atoms with E-state index >= 15 is 0 Å². The van der Waals surface area contributed by atoms with Crippen molar-refractivity contribution in [2.45, 2.75) is 23.7 Å². The maximum Gasteiger partial charge on any atom is 0.341 e. The molecule has 0 heterocycles. The van der Waals surface area contributed by atoms with Crippen molar-refractivity contribution in [1.29, 1.82) is 0 Å². The topological polar surface area (TPSA) is 72.5 Å². The van der Waals surface area contributed by atoms with Crippen LogP contribution in [0.5, 0.6) is 0 Å². The third-order valence-corrected chi connectivity index (χ3v) is 3.81. The predicted molar refractivity (Wildman–Crippen MR) is 64.7 cm³/mol. The number of hydrogen-bond donors (Lipinski definition) is 1. The van der Waals surface area contributed by atoms with Crippen LogP contribution in [-0.4, -0.2) is 33.3 Å². The maximum absolute atomic E-state index is 12.3. The van der Waals surface area contributed by atoms with Gasteiger partial charge in [0.1, 0.15) is 6.10 Å². The molecule has 1 aromatic carbocycles. The SMILES string of the molecule is COC(C)C(=O)Nc1ccc(S(=O)(=O)C(F)F)cc1. The molecule has 106 valence electrons. The molecule has 19 heavy (non-hydrogen) atoms. The smallest absolute Gasteiger partial charge is 0.341 e. The van der Waals surface area contributed by atoms with Crippen LogP contribution in [0.1, 0.15) is 6.92 Å². The molecule has 0 aromatic heterocycles. The Hall–Kier alpha value is -1.54. The molecule has 1 atom stereocenters. The Morgan fingerprint density at radius 2 is 1.79 bits per heavy atom. The maximum atomic E-state index is 12.3. The zero-order valence-electron chi connectivity index (χ0n) is 10.3. The van der Waals surface area contributed by atoms with E-state index in [1.54, 1.807) is 0 Å². The number of methoxy groups -OCH3 is 1. The van der Waals surface area contributed by atoms with Crippen LogP contribution in [0.2, 0.25) is 0 Å². The van der Waals surface area contributed by atoms with E-state index in [4.69, 9.17) is 4.74 Å². The molecule has 0 aliphatic heterocycles. The number of nitrogens with one attached hydrogen (secondary N) is 1. The third kappa shape index (κ3) is 3.71. The molecule has 0 fully saturated rings. The van der Waals surface area contributed by atoms with Gasteiger partial charge in [-0.3, -0.25) is 4.79 Å². The summed E-state index contributed by atoms with van der Waals surface area (Å²) < 4.78 is 51.7. The van der Waals surface area contributed by atoms with Crippen molar-refractivity contribution in [3.63, 3.8) is 0 Å². The summed E-state index contributed by atoms with van der Waals surface area (Å²) in [7, 11) is -3.25. The van der Waals surface area contributed by atoms with Crippen LogP contribution < -0.4 is 5.32 Å². The Morgan fingerprint density at radius 3 is 2.21 bits per heavy atom. The Morgan fingerprint density at radius 1 is 1.26 bits per heavy atom. The van der Waals surface area contributed by atoms with E-state index in [9.17, 15) is 22.0 Å². The van der Waals surface area contributed by atoms with Gasteiger partial charge in [-0.2, -0.15) is 8.78 Å². The number of carbonyl (C=O) groups is 1. The van der Waals surface area contributed by atoms with Crippen molar-refractivity contribution in [2.75, 3.05) is 12.4 Å². The first-order chi connectivity index (χ1) is 8.78. The predicted octanol–water partition coefficient (Wildman–Crippen LogP) is 1.66. The summed E-state index contributed by atoms with van der Waals surface area (Å²) >= 11 is 0. The number of benzene rings is 1. The number of carbonyl (C=O) groups excluding carboxylic acids is 1. The first-order valence-electron chi connectivity index (χ1n) is 5.25. The molecule has 0 radical (unpaired) electrons. The molecule has 5 nitrogen and oxygen atoms in total. The summed E-state index contributed by atoms with van der Waals surface area (Å²) in [4.78, 5) is 11.0. The molecular formula is C11H13F2NO4S. The Bertz CT molecular complexity index is 542. The van der Waals surface area contributed by atoms with Crippen molar-refractivity contribution < 1.29 is 26.7 Å². The molecule has 0 saturated heterocycles. The lowest BCUT2D eigenvalue weighted by atomic mass is 10.3. The normalized spacial score (nSPS) is 13.3. The van der Waals surface area contributed by atoms with Gasteiger partial charge in [0, 0.05) is 12.8 Å². The van der Waals surface area contributed by atoms with E-state index < -0.39 is 32.5 Å². The van der Waals surface area contributed by atoms with Crippen LogP contribution in [0.4, 0.5) is 14.5 Å². The number of alkyl halides is 2. The second kappa shape index (κ2) is 6.07. The number of halogens is 2. The highest BCUT2D eigenvalue weighted by Crippen LogP contribution is 2.20. The first kappa shape index (κ1) is 15.5. The monoisotopic (exact) mass is 293 g/mol. The number of hydrogen-bond acceptors (Lipinski definition) is 4. The summed E-state index contributed by atoms with van der Waals surface area (Å²) in [6.45, 7) is 1.53. The van der Waals surface area contributed by atoms with Gasteiger partial charge in [0.25, 0.3) is 5.91 Å². The van der Waals surface area contributed by atoms with Gasteiger partial charge in [-0.05, 0) is 31.2 Å². The fraction of sp³-hybridized carbons (Fsp3) is 0.364. The molecule has 1 amide bonds. The summed E-state index contributed by atoms with van der Waals surface area (Å²) in [5, 5.41) is 2.45. The molecule has 0 aliphatic rings. The summed E-state index contributed by atoms with van der Waals surface area (Å²) in [6, 6.07) is 4.48. The highest BCUT2D eigenvalue weighted by atomic mass is 32.2. The number of amides is 1. The van der Waals surface area contributed by atoms with Gasteiger partial charge in [0.2, 0.25) is 9.84 Å². The van der Waals surface area contributed by atoms with Crippen molar-refractivity contribution in [3.8, 4) is 0 Å². The van der Waals surface area contributed by atoms with Gasteiger partial charge in [0.05, 0.1) is 4.90 Å². The van der Waals surface area contributed by atoms with Crippen molar-refractivity contribution in [3.05, 3.63) is 24.3 Å². The zero-order chi connectivity index (χ0) is 14.6. The second-order valence-corrected chi connectivity index (χ2v) is 5.61. The van der Waals surface area contributed by atoms with Crippen LogP contribution in [0.15, 0.2) is 29.2 Å². The van der Waals surface area contributed by atoms with Crippen LogP contribution in [0, 0.1) is 0 Å². The minimum absolute atomic E-state index is 0.294. The molecule has 8 heteroatoms. The van der Waals surface area contributed by atoms with E-state index in [0.717, 1.165) is 12.1 Å². The van der Waals surface area contributed by atoms with E-state index in [0.29, 0.717) is 5.69 Å². The first-order valence-corrected chi connectivity index (χ1v) is 6.79. The van der Waals surface area contributed by atoms with Gasteiger partial charge in [0.15, 0.2) is 0 Å². The van der Waals surface area contributed by atoms with Gasteiger partial charge in [-0.15, -0.1) is 0 Å². The van der Waals surface area contributed by atoms with Gasteiger partial charge in [-0.1, -0.05) is 0 Å². The third-order valence-electron chi connectivity index (χ3n) is 2.41. The number of sulfone groups is 1. The molecule has 1 aromatic rings. The average molecular weight is 293 g/mol. The van der Waals surface area contributed by atoms with Crippen LogP contribution >= 0.6 is 0 Å². The number of ether oxygens (including phenoxy) is 1.